The van der Waals surface area contributed by atoms with Gasteiger partial charge in [0.1, 0.15) is 3.70 Å². The topological polar surface area (TPSA) is 46.0 Å². The third kappa shape index (κ3) is 1.59. The normalized spacial score (nSPS) is 9.56. The molecular weight excluding hydrogens is 231 g/mol. The van der Waals surface area contributed by atoms with E-state index >= 15 is 0 Å². The molecule has 0 bridgehead atoms. The van der Waals surface area contributed by atoms with Gasteiger partial charge in [-0.2, -0.15) is 0 Å². The number of nitrogens with zero attached hydrogens (tertiary/aromatic N) is 2. The Morgan fingerprint density at radius 2 is 2.11 bits per heavy atom. The summed E-state index contributed by atoms with van der Waals surface area (Å²) in [7, 11) is 0. The monoisotopic (exact) mass is 236 g/mol. The molecule has 48 valence electrons. The highest BCUT2D eigenvalue weighted by atomic mass is 127. The molecule has 0 saturated heterocycles. The van der Waals surface area contributed by atoms with Crippen LogP contribution in [-0.2, 0) is 6.61 Å². The minimum Gasteiger partial charge on any atom is -0.390 e. The summed E-state index contributed by atoms with van der Waals surface area (Å²) in [4.78, 5) is 7.79. The first kappa shape index (κ1) is 6.88. The van der Waals surface area contributed by atoms with Crippen LogP contribution in [0.5, 0.6) is 0 Å². The Labute approximate surface area is 66.3 Å². The predicted molar refractivity (Wildman–Crippen MR) is 40.7 cm³/mol. The summed E-state index contributed by atoms with van der Waals surface area (Å²) in [5.74, 6) is 0. The van der Waals surface area contributed by atoms with E-state index in [1.54, 1.807) is 12.4 Å². The second kappa shape index (κ2) is 3.07. The summed E-state index contributed by atoms with van der Waals surface area (Å²) in [6, 6.07) is 0. The molecule has 1 N–H and O–H groups in total. The van der Waals surface area contributed by atoms with E-state index in [0.29, 0.717) is 5.69 Å². The molecule has 0 amide bonds. The number of hydrogen-bond acceptors (Lipinski definition) is 3. The van der Waals surface area contributed by atoms with Gasteiger partial charge in [-0.05, 0) is 22.6 Å². The van der Waals surface area contributed by atoms with Crippen molar-refractivity contribution in [3.05, 3.63) is 21.8 Å². The van der Waals surface area contributed by atoms with E-state index in [9.17, 15) is 0 Å². The van der Waals surface area contributed by atoms with Gasteiger partial charge in [0.05, 0.1) is 12.3 Å². The van der Waals surface area contributed by atoms with E-state index in [2.05, 4.69) is 9.97 Å². The third-order valence-corrected chi connectivity index (χ3v) is 1.77. The van der Waals surface area contributed by atoms with Gasteiger partial charge in [0, 0.05) is 12.4 Å². The summed E-state index contributed by atoms with van der Waals surface area (Å²) >= 11 is 2.03. The van der Waals surface area contributed by atoms with Gasteiger partial charge >= 0.3 is 0 Å². The van der Waals surface area contributed by atoms with Crippen molar-refractivity contribution in [2.24, 2.45) is 0 Å². The molecule has 0 aliphatic rings. The van der Waals surface area contributed by atoms with Crippen LogP contribution in [0.4, 0.5) is 0 Å². The van der Waals surface area contributed by atoms with Gasteiger partial charge in [0.25, 0.3) is 0 Å². The average Bonchev–Trinajstić information content (AvgIpc) is 1.89. The van der Waals surface area contributed by atoms with Crippen LogP contribution in [0.2, 0.25) is 0 Å². The fraction of sp³-hybridized carbons (Fsp3) is 0.200. The molecule has 4 heteroatoms. The fourth-order valence-electron chi connectivity index (χ4n) is 0.456. The maximum atomic E-state index is 8.61. The summed E-state index contributed by atoms with van der Waals surface area (Å²) in [5.41, 5.74) is 0.637. The van der Waals surface area contributed by atoms with Gasteiger partial charge in [0.2, 0.25) is 0 Å². The van der Waals surface area contributed by atoms with E-state index in [1.807, 2.05) is 22.6 Å². The standard InChI is InChI=1S/C5H5IN2O/c6-5-4(3-9)7-1-2-8-5/h1-2,9H,3H2. The van der Waals surface area contributed by atoms with Crippen molar-refractivity contribution in [2.45, 2.75) is 6.61 Å². The van der Waals surface area contributed by atoms with Crippen LogP contribution in [0.15, 0.2) is 12.4 Å². The summed E-state index contributed by atoms with van der Waals surface area (Å²) < 4.78 is 0.762. The molecule has 0 aromatic carbocycles. The quantitative estimate of drug-likeness (QED) is 0.725. The Bertz CT molecular complexity index is 204. The molecule has 0 spiro atoms. The molecule has 9 heavy (non-hydrogen) atoms. The molecule has 0 radical (unpaired) electrons. The molecule has 1 heterocycles. The van der Waals surface area contributed by atoms with Crippen LogP contribution >= 0.6 is 22.6 Å². The molecule has 1 aromatic heterocycles. The van der Waals surface area contributed by atoms with Crippen molar-refractivity contribution in [3.8, 4) is 0 Å². The SMILES string of the molecule is OCc1nccnc1I. The Morgan fingerprint density at radius 3 is 2.56 bits per heavy atom. The zero-order chi connectivity index (χ0) is 6.69. The molecule has 0 unspecified atom stereocenters. The number of aliphatic hydroxyl groups excluding tert-OH is 1. The van der Waals surface area contributed by atoms with Crippen LogP contribution in [-0.4, -0.2) is 15.1 Å². The van der Waals surface area contributed by atoms with E-state index in [1.165, 1.54) is 0 Å². The highest BCUT2D eigenvalue weighted by molar-refractivity contribution is 14.1. The number of aromatic nitrogens is 2. The Morgan fingerprint density at radius 1 is 1.44 bits per heavy atom. The Hall–Kier alpha value is -0.230. The lowest BCUT2D eigenvalue weighted by Gasteiger charge is -1.93. The molecule has 0 saturated carbocycles. The van der Waals surface area contributed by atoms with Crippen LogP contribution in [0.3, 0.4) is 0 Å². The predicted octanol–water partition coefficient (Wildman–Crippen LogP) is 0.574. The lowest BCUT2D eigenvalue weighted by molar-refractivity contribution is 0.275. The number of hydrogen-bond donors (Lipinski definition) is 1. The van der Waals surface area contributed by atoms with Crippen molar-refractivity contribution in [3.63, 3.8) is 0 Å². The molecule has 1 rings (SSSR count). The van der Waals surface area contributed by atoms with E-state index in [4.69, 9.17) is 5.11 Å². The first-order chi connectivity index (χ1) is 4.34. The zero-order valence-corrected chi connectivity index (χ0v) is 6.74. The molecule has 0 aliphatic carbocycles. The minimum atomic E-state index is -0.0356. The van der Waals surface area contributed by atoms with Crippen molar-refractivity contribution in [1.82, 2.24) is 9.97 Å². The second-order valence-corrected chi connectivity index (χ2v) is 2.47. The largest absolute Gasteiger partial charge is 0.390 e. The lowest BCUT2D eigenvalue weighted by Crippen LogP contribution is -1.94. The highest BCUT2D eigenvalue weighted by Gasteiger charge is 1.96. The molecule has 1 aromatic rings. The number of halogens is 1. The molecule has 3 nitrogen and oxygen atoms in total. The van der Waals surface area contributed by atoms with E-state index in [-0.39, 0.29) is 6.61 Å². The molecule has 0 aliphatic heterocycles. The van der Waals surface area contributed by atoms with Crippen molar-refractivity contribution < 1.29 is 5.11 Å². The van der Waals surface area contributed by atoms with Gasteiger partial charge < -0.3 is 5.11 Å². The highest BCUT2D eigenvalue weighted by Crippen LogP contribution is 2.03. The van der Waals surface area contributed by atoms with Gasteiger partial charge in [0.15, 0.2) is 0 Å². The van der Waals surface area contributed by atoms with E-state index in [0.717, 1.165) is 3.70 Å². The summed E-state index contributed by atoms with van der Waals surface area (Å²) in [6.07, 6.45) is 3.16. The Balaban J connectivity index is 3.01. The lowest BCUT2D eigenvalue weighted by atomic mass is 10.5. The molecule has 0 atom stereocenters. The third-order valence-electron chi connectivity index (χ3n) is 0.873. The molecular formula is C5H5IN2O. The van der Waals surface area contributed by atoms with Gasteiger partial charge in [-0.25, -0.2) is 4.98 Å². The summed E-state index contributed by atoms with van der Waals surface area (Å²) in [5, 5.41) is 8.61. The minimum absolute atomic E-state index is 0.0356. The zero-order valence-electron chi connectivity index (χ0n) is 4.58. The average molecular weight is 236 g/mol. The first-order valence-electron chi connectivity index (χ1n) is 2.41. The Kier molecular flexibility index (Phi) is 2.35. The first-order valence-corrected chi connectivity index (χ1v) is 3.48. The fourth-order valence-corrected chi connectivity index (χ4v) is 0.927. The second-order valence-electron chi connectivity index (χ2n) is 1.45. The van der Waals surface area contributed by atoms with Crippen molar-refractivity contribution in [1.29, 1.82) is 0 Å². The van der Waals surface area contributed by atoms with Gasteiger partial charge in [-0.1, -0.05) is 0 Å². The van der Waals surface area contributed by atoms with Crippen molar-refractivity contribution in [2.75, 3.05) is 0 Å². The maximum absolute atomic E-state index is 8.61. The van der Waals surface area contributed by atoms with Crippen LogP contribution < -0.4 is 0 Å². The smallest absolute Gasteiger partial charge is 0.125 e. The van der Waals surface area contributed by atoms with Gasteiger partial charge in [-0.15, -0.1) is 0 Å². The van der Waals surface area contributed by atoms with Crippen LogP contribution in [0, 0.1) is 3.70 Å². The van der Waals surface area contributed by atoms with Crippen molar-refractivity contribution >= 4 is 22.6 Å². The summed E-state index contributed by atoms with van der Waals surface area (Å²) in [6.45, 7) is -0.0356. The van der Waals surface area contributed by atoms with E-state index < -0.39 is 0 Å². The van der Waals surface area contributed by atoms with Gasteiger partial charge in [-0.3, -0.25) is 4.98 Å². The number of aliphatic hydroxyl groups is 1. The molecule has 0 fully saturated rings. The van der Waals surface area contributed by atoms with Crippen LogP contribution in [0.25, 0.3) is 0 Å². The van der Waals surface area contributed by atoms with Crippen LogP contribution in [0.1, 0.15) is 5.69 Å². The number of rotatable bonds is 1. The maximum Gasteiger partial charge on any atom is 0.125 e.